The first-order chi connectivity index (χ1) is 31.9. The van der Waals surface area contributed by atoms with Crippen molar-refractivity contribution >= 4 is 35.8 Å². The number of amides is 3. The number of unbranched alkanes of at least 4 members (excludes halogenated alkanes) is 10. The Balaban J connectivity index is 3.78. The number of alkyl carbamates (subject to hydrolysis) is 1. The van der Waals surface area contributed by atoms with E-state index < -0.39 is 6.09 Å². The van der Waals surface area contributed by atoms with E-state index in [4.69, 9.17) is 28.4 Å². The largest absolute Gasteiger partial charge is 0.466 e. The van der Waals surface area contributed by atoms with Crippen molar-refractivity contribution in [2.75, 3.05) is 98.5 Å². The molecule has 0 bridgehead atoms. The topological polar surface area (TPSA) is 200 Å². The number of hydrogen-bond donors (Lipinski definition) is 3. The van der Waals surface area contributed by atoms with Gasteiger partial charge in [-0.3, -0.25) is 29.0 Å². The van der Waals surface area contributed by atoms with Gasteiger partial charge in [-0.25, -0.2) is 9.59 Å². The number of hydrogen-bond acceptors (Lipinski definition) is 14. The SMILES string of the molecule is CCCOC(=O)CCN(CCOC(=O)CCCCCCCNC(=O)NCCCCCC(=O)CCCCCCCNC(=O)OCCN(CCOC(C)C)CCC(=O)OCCC)CCOC(C)C. The second-order valence-electron chi connectivity index (χ2n) is 17.3. The Morgan fingerprint density at radius 2 is 0.758 bits per heavy atom. The molecule has 0 radical (unpaired) electrons. The van der Waals surface area contributed by atoms with Gasteiger partial charge in [0.25, 0.3) is 0 Å². The maximum Gasteiger partial charge on any atom is 0.407 e. The molecule has 3 amide bonds. The van der Waals surface area contributed by atoms with E-state index in [2.05, 4.69) is 20.9 Å². The zero-order chi connectivity index (χ0) is 48.9. The van der Waals surface area contributed by atoms with Crippen molar-refractivity contribution in [2.45, 2.75) is 182 Å². The number of esters is 3. The van der Waals surface area contributed by atoms with Crippen molar-refractivity contribution in [3.8, 4) is 0 Å². The molecule has 0 aromatic carbocycles. The van der Waals surface area contributed by atoms with Gasteiger partial charge >= 0.3 is 30.0 Å². The minimum absolute atomic E-state index is 0.117. The molecule has 0 saturated heterocycles. The van der Waals surface area contributed by atoms with E-state index >= 15 is 0 Å². The smallest absolute Gasteiger partial charge is 0.407 e. The third-order valence-electron chi connectivity index (χ3n) is 10.4. The van der Waals surface area contributed by atoms with Crippen molar-refractivity contribution in [1.29, 1.82) is 0 Å². The van der Waals surface area contributed by atoms with Crippen molar-refractivity contribution in [3.63, 3.8) is 0 Å². The number of urea groups is 1. The first-order valence-electron chi connectivity index (χ1n) is 25.4. The molecule has 66 heavy (non-hydrogen) atoms. The Morgan fingerprint density at radius 1 is 0.394 bits per heavy atom. The molecule has 0 fully saturated rings. The minimum Gasteiger partial charge on any atom is -0.466 e. The number of rotatable bonds is 46. The lowest BCUT2D eigenvalue weighted by Crippen LogP contribution is -2.36. The van der Waals surface area contributed by atoms with Crippen LogP contribution < -0.4 is 16.0 Å². The molecule has 0 atom stereocenters. The lowest BCUT2D eigenvalue weighted by Gasteiger charge is -2.22. The lowest BCUT2D eigenvalue weighted by atomic mass is 10.0. The molecule has 17 nitrogen and oxygen atoms in total. The van der Waals surface area contributed by atoms with Crippen LogP contribution in [0.2, 0.25) is 0 Å². The van der Waals surface area contributed by atoms with Crippen LogP contribution in [0, 0.1) is 0 Å². The van der Waals surface area contributed by atoms with Crippen molar-refractivity contribution in [2.24, 2.45) is 0 Å². The molecule has 0 rings (SSSR count). The molecule has 0 aromatic heterocycles. The Hall–Kier alpha value is -3.54. The van der Waals surface area contributed by atoms with Gasteiger partial charge in [0, 0.05) is 78.2 Å². The molecule has 386 valence electrons. The lowest BCUT2D eigenvalue weighted by molar-refractivity contribution is -0.146. The Labute approximate surface area is 398 Å². The molecule has 0 aliphatic carbocycles. The van der Waals surface area contributed by atoms with Crippen LogP contribution in [0.3, 0.4) is 0 Å². The van der Waals surface area contributed by atoms with Crippen LogP contribution in [0.5, 0.6) is 0 Å². The molecule has 0 unspecified atom stereocenters. The maximum atomic E-state index is 12.3. The van der Waals surface area contributed by atoms with Crippen LogP contribution in [0.1, 0.15) is 170 Å². The van der Waals surface area contributed by atoms with Crippen LogP contribution in [-0.2, 0) is 47.6 Å². The highest BCUT2D eigenvalue weighted by atomic mass is 16.6. The minimum atomic E-state index is -0.448. The van der Waals surface area contributed by atoms with Gasteiger partial charge < -0.3 is 44.4 Å². The highest BCUT2D eigenvalue weighted by Crippen LogP contribution is 2.10. The first kappa shape index (κ1) is 62.5. The van der Waals surface area contributed by atoms with Gasteiger partial charge in [0.05, 0.1) is 51.5 Å². The highest BCUT2D eigenvalue weighted by Gasteiger charge is 2.13. The van der Waals surface area contributed by atoms with E-state index in [0.717, 1.165) is 96.3 Å². The zero-order valence-corrected chi connectivity index (χ0v) is 42.2. The molecular weight excluding hydrogens is 851 g/mol. The first-order valence-corrected chi connectivity index (χ1v) is 25.4. The summed E-state index contributed by atoms with van der Waals surface area (Å²) < 4.78 is 32.4. The van der Waals surface area contributed by atoms with Crippen LogP contribution in [0.15, 0.2) is 0 Å². The van der Waals surface area contributed by atoms with Gasteiger partial charge in [0.1, 0.15) is 19.0 Å². The molecule has 0 aliphatic rings. The summed E-state index contributed by atoms with van der Waals surface area (Å²) in [6.45, 7) is 19.3. The molecule has 0 aliphatic heterocycles. The summed E-state index contributed by atoms with van der Waals surface area (Å²) in [5, 5.41) is 8.59. The van der Waals surface area contributed by atoms with Crippen molar-refractivity contribution in [1.82, 2.24) is 25.8 Å². The van der Waals surface area contributed by atoms with Crippen LogP contribution >= 0.6 is 0 Å². The van der Waals surface area contributed by atoms with E-state index in [1.807, 2.05) is 46.4 Å². The number of Topliss-reactive ketones (excluding diaryl/α,β-unsaturated/α-hetero) is 1. The normalized spacial score (nSPS) is 11.3. The number of carbonyl (C=O) groups is 6. The fourth-order valence-corrected chi connectivity index (χ4v) is 6.57. The molecule has 0 aromatic rings. The second kappa shape index (κ2) is 45.3. The molecule has 0 heterocycles. The zero-order valence-electron chi connectivity index (χ0n) is 42.2. The number of ketones is 1. The highest BCUT2D eigenvalue weighted by molar-refractivity contribution is 5.78. The summed E-state index contributed by atoms with van der Waals surface area (Å²) in [5.74, 6) is -0.379. The summed E-state index contributed by atoms with van der Waals surface area (Å²) in [4.78, 5) is 76.8. The predicted molar refractivity (Wildman–Crippen MR) is 257 cm³/mol. The molecular formula is C49H93N5O12. The van der Waals surface area contributed by atoms with E-state index in [-0.39, 0.29) is 61.6 Å². The van der Waals surface area contributed by atoms with Crippen molar-refractivity contribution in [3.05, 3.63) is 0 Å². The fourth-order valence-electron chi connectivity index (χ4n) is 6.57. The average molecular weight is 944 g/mol. The van der Waals surface area contributed by atoms with Crippen LogP contribution in [0.25, 0.3) is 0 Å². The van der Waals surface area contributed by atoms with Gasteiger partial charge in [0.2, 0.25) is 0 Å². The number of nitrogens with zero attached hydrogens (tertiary/aromatic N) is 2. The summed E-state index contributed by atoms with van der Waals surface area (Å²) in [7, 11) is 0. The molecule has 0 spiro atoms. The number of ether oxygens (including phenoxy) is 6. The van der Waals surface area contributed by atoms with Crippen molar-refractivity contribution < 1.29 is 57.2 Å². The van der Waals surface area contributed by atoms with Gasteiger partial charge in [0.15, 0.2) is 0 Å². The van der Waals surface area contributed by atoms with E-state index in [1.165, 1.54) is 0 Å². The van der Waals surface area contributed by atoms with E-state index in [0.29, 0.717) is 111 Å². The maximum absolute atomic E-state index is 12.3. The van der Waals surface area contributed by atoms with Gasteiger partial charge in [-0.2, -0.15) is 0 Å². The van der Waals surface area contributed by atoms with Gasteiger partial charge in [-0.1, -0.05) is 58.8 Å². The summed E-state index contributed by atoms with van der Waals surface area (Å²) >= 11 is 0. The van der Waals surface area contributed by atoms with Gasteiger partial charge in [-0.15, -0.1) is 0 Å². The summed E-state index contributed by atoms with van der Waals surface area (Å²) in [6, 6.07) is -0.173. The average Bonchev–Trinajstić information content (AvgIpc) is 3.28. The van der Waals surface area contributed by atoms with E-state index in [9.17, 15) is 28.8 Å². The standard InChI is InChI=1S/C49H93N5O12/c1-7-36-63-46(57)25-30-53(32-38-61-42(3)4)34-40-65-45(56)24-18-12-10-13-19-27-50-48(59)51-28-21-15-17-23-44(55)22-16-11-9-14-20-29-52-49(60)66-41-35-54(33-39-62-43(5)6)31-26-47(58)64-37-8-2/h42-43H,7-41H2,1-6H3,(H,52,60)(H2,50,51,59). The second-order valence-corrected chi connectivity index (χ2v) is 17.3. The Kier molecular flexibility index (Phi) is 42.8. The number of nitrogens with one attached hydrogen (secondary N) is 3. The van der Waals surface area contributed by atoms with E-state index in [1.54, 1.807) is 0 Å². The monoisotopic (exact) mass is 944 g/mol. The van der Waals surface area contributed by atoms with Crippen LogP contribution in [0.4, 0.5) is 9.59 Å². The third kappa shape index (κ3) is 44.3. The summed E-state index contributed by atoms with van der Waals surface area (Å²) in [5.41, 5.74) is 0. The molecule has 0 saturated carbocycles. The predicted octanol–water partition coefficient (Wildman–Crippen LogP) is 7.51. The third-order valence-corrected chi connectivity index (χ3v) is 10.4. The quantitative estimate of drug-likeness (QED) is 0.0308. The Bertz CT molecular complexity index is 1150. The molecule has 3 N–H and O–H groups in total. The fraction of sp³-hybridized carbons (Fsp3) is 0.878. The number of carbonyl (C=O) groups excluding carboxylic acids is 6. The Morgan fingerprint density at radius 3 is 1.23 bits per heavy atom. The summed E-state index contributed by atoms with van der Waals surface area (Å²) in [6.07, 6.45) is 15.2. The van der Waals surface area contributed by atoms with Gasteiger partial charge in [-0.05, 0) is 79.1 Å². The van der Waals surface area contributed by atoms with Crippen LogP contribution in [-0.4, -0.2) is 156 Å². The molecule has 17 heteroatoms.